The number of anilines is 3. The molecule has 0 amide bonds. The fraction of sp³-hybridized carbons (Fsp3) is 0.438. The molecule has 0 aliphatic carbocycles. The molecule has 2 heterocycles. The van der Waals surface area contributed by atoms with Crippen molar-refractivity contribution in [2.75, 3.05) is 28.8 Å². The van der Waals surface area contributed by atoms with Crippen LogP contribution in [0.25, 0.3) is 0 Å². The highest BCUT2D eigenvalue weighted by atomic mass is 19.4. The molecule has 7 nitrogen and oxygen atoms in total. The summed E-state index contributed by atoms with van der Waals surface area (Å²) in [5.74, 6) is 0.574. The molecule has 1 aliphatic rings. The number of nitrogens with one attached hydrogen (secondary N) is 2. The first-order chi connectivity index (χ1) is 12.5. The Morgan fingerprint density at radius 3 is 2.46 bits per heavy atom. The number of aromatic nitrogens is 3. The number of halogens is 3. The third kappa shape index (κ3) is 4.51. The van der Waals surface area contributed by atoms with Crippen molar-refractivity contribution < 1.29 is 18.4 Å². The molecule has 2 aromatic rings. The summed E-state index contributed by atoms with van der Waals surface area (Å²) in [6.45, 7) is 1.72. The van der Waals surface area contributed by atoms with Gasteiger partial charge in [0.05, 0.1) is 5.56 Å². The summed E-state index contributed by atoms with van der Waals surface area (Å²) in [6.07, 6.45) is -1.19. The van der Waals surface area contributed by atoms with E-state index in [1.807, 2.05) is 10.4 Å². The fourth-order valence-corrected chi connectivity index (χ4v) is 2.77. The Morgan fingerprint density at radius 1 is 1.04 bits per heavy atom. The van der Waals surface area contributed by atoms with E-state index in [-0.39, 0.29) is 18.4 Å². The van der Waals surface area contributed by atoms with E-state index in [4.69, 9.17) is 5.21 Å². The highest BCUT2D eigenvalue weighted by molar-refractivity contribution is 5.43. The molecule has 10 heteroatoms. The van der Waals surface area contributed by atoms with E-state index in [0.29, 0.717) is 11.5 Å². The standard InChI is InChI=1S/C16H19F3N6O/c17-16(18,19)12-6-4-5-11(9-12)10-20-13-21-14(24-26)23-15(22-13)25-7-2-1-3-8-25/h4-6,9,26H,1-3,7-8,10H2,(H2,20,21,22,23,24). The monoisotopic (exact) mass is 368 g/mol. The molecule has 0 saturated carbocycles. The predicted octanol–water partition coefficient (Wildman–Crippen LogP) is 3.29. The normalized spacial score (nSPS) is 15.0. The van der Waals surface area contributed by atoms with Crippen molar-refractivity contribution in [2.45, 2.75) is 32.0 Å². The van der Waals surface area contributed by atoms with E-state index in [0.717, 1.165) is 44.5 Å². The molecule has 0 atom stereocenters. The van der Waals surface area contributed by atoms with Crippen LogP contribution >= 0.6 is 0 Å². The molecule has 140 valence electrons. The Kier molecular flexibility index (Phi) is 5.40. The van der Waals surface area contributed by atoms with Gasteiger partial charge >= 0.3 is 6.18 Å². The molecule has 1 saturated heterocycles. The van der Waals surface area contributed by atoms with Gasteiger partial charge in [0, 0.05) is 19.6 Å². The first-order valence-corrected chi connectivity index (χ1v) is 8.27. The molecule has 26 heavy (non-hydrogen) atoms. The van der Waals surface area contributed by atoms with Gasteiger partial charge in [0.15, 0.2) is 0 Å². The summed E-state index contributed by atoms with van der Waals surface area (Å²) in [5, 5.41) is 12.0. The first kappa shape index (κ1) is 18.2. The van der Waals surface area contributed by atoms with Crippen LogP contribution in [0.15, 0.2) is 24.3 Å². The second-order valence-electron chi connectivity index (χ2n) is 5.99. The Morgan fingerprint density at radius 2 is 1.77 bits per heavy atom. The van der Waals surface area contributed by atoms with Gasteiger partial charge in [-0.05, 0) is 37.0 Å². The highest BCUT2D eigenvalue weighted by Gasteiger charge is 2.30. The maximum atomic E-state index is 12.8. The van der Waals surface area contributed by atoms with Crippen LogP contribution in [0.3, 0.4) is 0 Å². The van der Waals surface area contributed by atoms with Crippen molar-refractivity contribution >= 4 is 17.8 Å². The van der Waals surface area contributed by atoms with Gasteiger partial charge in [-0.1, -0.05) is 12.1 Å². The van der Waals surface area contributed by atoms with Crippen LogP contribution in [0.1, 0.15) is 30.4 Å². The predicted molar refractivity (Wildman–Crippen MR) is 90.1 cm³/mol. The lowest BCUT2D eigenvalue weighted by molar-refractivity contribution is -0.137. The smallest absolute Gasteiger partial charge is 0.350 e. The van der Waals surface area contributed by atoms with E-state index < -0.39 is 11.7 Å². The number of benzene rings is 1. The molecule has 0 radical (unpaired) electrons. The van der Waals surface area contributed by atoms with Gasteiger partial charge in [0.2, 0.25) is 11.9 Å². The minimum absolute atomic E-state index is 0.0212. The number of nitrogens with zero attached hydrogens (tertiary/aromatic N) is 4. The van der Waals surface area contributed by atoms with Crippen molar-refractivity contribution in [2.24, 2.45) is 0 Å². The minimum atomic E-state index is -4.39. The van der Waals surface area contributed by atoms with Crippen LogP contribution in [0.5, 0.6) is 0 Å². The summed E-state index contributed by atoms with van der Waals surface area (Å²) < 4.78 is 38.4. The summed E-state index contributed by atoms with van der Waals surface area (Å²) in [4.78, 5) is 14.4. The zero-order valence-corrected chi connectivity index (χ0v) is 13.9. The third-order valence-electron chi connectivity index (χ3n) is 4.07. The van der Waals surface area contributed by atoms with Gasteiger partial charge < -0.3 is 10.2 Å². The molecular weight excluding hydrogens is 349 g/mol. The Balaban J connectivity index is 1.75. The Labute approximate surface area is 148 Å². The largest absolute Gasteiger partial charge is 0.416 e. The zero-order chi connectivity index (χ0) is 18.6. The maximum Gasteiger partial charge on any atom is 0.416 e. The van der Waals surface area contributed by atoms with E-state index in [1.165, 1.54) is 6.07 Å². The molecule has 1 aromatic heterocycles. The summed E-state index contributed by atoms with van der Waals surface area (Å²) in [5.41, 5.74) is 1.63. The summed E-state index contributed by atoms with van der Waals surface area (Å²) in [7, 11) is 0. The lowest BCUT2D eigenvalue weighted by atomic mass is 10.1. The average Bonchev–Trinajstić information content (AvgIpc) is 2.66. The summed E-state index contributed by atoms with van der Waals surface area (Å²) >= 11 is 0. The van der Waals surface area contributed by atoms with Crippen LogP contribution < -0.4 is 15.7 Å². The van der Waals surface area contributed by atoms with Gasteiger partial charge in [-0.3, -0.25) is 5.21 Å². The van der Waals surface area contributed by atoms with Crippen LogP contribution in [0.4, 0.5) is 31.0 Å². The van der Waals surface area contributed by atoms with Crippen LogP contribution in [0.2, 0.25) is 0 Å². The number of rotatable bonds is 5. The zero-order valence-electron chi connectivity index (χ0n) is 13.9. The van der Waals surface area contributed by atoms with Crippen molar-refractivity contribution in [3.63, 3.8) is 0 Å². The molecule has 0 spiro atoms. The molecule has 3 N–H and O–H groups in total. The van der Waals surface area contributed by atoms with Crippen LogP contribution in [-0.2, 0) is 12.7 Å². The molecule has 3 rings (SSSR count). The number of piperidine rings is 1. The van der Waals surface area contributed by atoms with Crippen LogP contribution in [-0.4, -0.2) is 33.2 Å². The lowest BCUT2D eigenvalue weighted by Gasteiger charge is -2.26. The third-order valence-corrected chi connectivity index (χ3v) is 4.07. The first-order valence-electron chi connectivity index (χ1n) is 8.27. The van der Waals surface area contributed by atoms with E-state index in [9.17, 15) is 13.2 Å². The van der Waals surface area contributed by atoms with Gasteiger partial charge in [0.25, 0.3) is 5.95 Å². The van der Waals surface area contributed by atoms with E-state index >= 15 is 0 Å². The number of hydrogen-bond donors (Lipinski definition) is 3. The van der Waals surface area contributed by atoms with Crippen molar-refractivity contribution in [3.8, 4) is 0 Å². The Bertz CT molecular complexity index is 749. The van der Waals surface area contributed by atoms with Gasteiger partial charge in [-0.15, -0.1) is 0 Å². The molecule has 0 bridgehead atoms. The van der Waals surface area contributed by atoms with Gasteiger partial charge in [-0.2, -0.15) is 28.1 Å². The van der Waals surface area contributed by atoms with Crippen molar-refractivity contribution in [1.29, 1.82) is 0 Å². The molecule has 0 unspecified atom stereocenters. The number of alkyl halides is 3. The topological polar surface area (TPSA) is 86.2 Å². The van der Waals surface area contributed by atoms with Gasteiger partial charge in [-0.25, -0.2) is 5.48 Å². The van der Waals surface area contributed by atoms with Gasteiger partial charge in [0.1, 0.15) is 0 Å². The molecule has 1 aromatic carbocycles. The van der Waals surface area contributed by atoms with Crippen LogP contribution in [0, 0.1) is 0 Å². The second-order valence-corrected chi connectivity index (χ2v) is 5.99. The molecule has 1 aliphatic heterocycles. The fourth-order valence-electron chi connectivity index (χ4n) is 2.77. The summed E-state index contributed by atoms with van der Waals surface area (Å²) in [6, 6.07) is 5.03. The lowest BCUT2D eigenvalue weighted by Crippen LogP contribution is -2.31. The highest BCUT2D eigenvalue weighted by Crippen LogP contribution is 2.29. The minimum Gasteiger partial charge on any atom is -0.350 e. The van der Waals surface area contributed by atoms with E-state index in [1.54, 1.807) is 6.07 Å². The molecular formula is C16H19F3N6O. The maximum absolute atomic E-state index is 12.8. The van der Waals surface area contributed by atoms with Crippen molar-refractivity contribution in [1.82, 2.24) is 15.0 Å². The van der Waals surface area contributed by atoms with Crippen molar-refractivity contribution in [3.05, 3.63) is 35.4 Å². The Hall–Kier alpha value is -2.62. The number of hydrogen-bond acceptors (Lipinski definition) is 7. The SMILES string of the molecule is ONc1nc(NCc2cccc(C(F)(F)F)c2)nc(N2CCCCC2)n1. The second kappa shape index (κ2) is 7.73. The van der Waals surface area contributed by atoms with E-state index in [2.05, 4.69) is 20.3 Å². The quantitative estimate of drug-likeness (QED) is 0.698. The average molecular weight is 368 g/mol. The molecule has 1 fully saturated rings.